The lowest BCUT2D eigenvalue weighted by molar-refractivity contribution is -0.346. The molecule has 0 N–H and O–H groups in total. The minimum absolute atomic E-state index is 3.12. The van der Waals surface area contributed by atoms with Crippen molar-refractivity contribution in [1.82, 2.24) is 5.12 Å². The molecule has 10 heteroatoms. The summed E-state index contributed by atoms with van der Waals surface area (Å²) in [5.41, 5.74) is 0. The van der Waals surface area contributed by atoms with E-state index in [2.05, 4.69) is 0 Å². The molecule has 0 aromatic rings. The van der Waals surface area contributed by atoms with Gasteiger partial charge in [-0.2, -0.15) is 35.1 Å². The van der Waals surface area contributed by atoms with Gasteiger partial charge in [0, 0.05) is 0 Å². The van der Waals surface area contributed by atoms with Crippen LogP contribution in [0.4, 0.5) is 39.6 Å². The highest BCUT2D eigenvalue weighted by molar-refractivity contribution is 5.09. The quantitative estimate of drug-likeness (QED) is 0.353. The van der Waals surface area contributed by atoms with Crippen molar-refractivity contribution in [3.05, 3.63) is 0 Å². The summed E-state index contributed by atoms with van der Waals surface area (Å²) in [7, 11) is 0. The maximum Gasteiger partial charge on any atom is 0.404 e. The average Bonchev–Trinajstić information content (AvgIpc) is 2.05. The molecule has 84 valence electrons. The summed E-state index contributed by atoms with van der Waals surface area (Å²) in [6, 6.07) is -12.5. The van der Waals surface area contributed by atoms with Crippen molar-refractivity contribution in [1.29, 1.82) is 0 Å². The fourth-order valence-electron chi connectivity index (χ4n) is 0.801. The Hall–Kier alpha value is -0.670. The first-order valence-electron chi connectivity index (χ1n) is 2.88. The topological polar surface area (TPSA) is 3.24 Å². The van der Waals surface area contributed by atoms with E-state index in [9.17, 15) is 39.6 Å². The summed E-state index contributed by atoms with van der Waals surface area (Å²) in [5, 5.41) is -3.12. The molecule has 0 aliphatic carbocycles. The molecule has 1 heterocycles. The van der Waals surface area contributed by atoms with Crippen LogP contribution in [0.1, 0.15) is 0 Å². The fourth-order valence-corrected chi connectivity index (χ4v) is 0.801. The fraction of sp³-hybridized carbons (Fsp3) is 1.00. The van der Waals surface area contributed by atoms with E-state index >= 15 is 0 Å². The second-order valence-corrected chi connectivity index (χ2v) is 2.51. The van der Waals surface area contributed by atoms with Gasteiger partial charge in [0.25, 0.3) is 0 Å². The van der Waals surface area contributed by atoms with Gasteiger partial charge in [-0.15, -0.1) is 4.48 Å². The van der Waals surface area contributed by atoms with E-state index < -0.39 is 29.1 Å². The molecule has 0 aromatic carbocycles. The summed E-state index contributed by atoms with van der Waals surface area (Å²) in [6.07, 6.45) is 0. The van der Waals surface area contributed by atoms with E-state index in [-0.39, 0.29) is 0 Å². The van der Waals surface area contributed by atoms with Gasteiger partial charge in [-0.05, 0) is 5.12 Å². The van der Waals surface area contributed by atoms with Crippen LogP contribution in [-0.2, 0) is 0 Å². The van der Waals surface area contributed by atoms with E-state index in [4.69, 9.17) is 0 Å². The SMILES string of the molecule is FN1C(F)(F)C(F)(F)C(F)(F)C1(F)F. The molecule has 1 aliphatic heterocycles. The Kier molecular flexibility index (Phi) is 1.86. The standard InChI is InChI=1S/C4F9N/c5-1(6)2(7,8)4(11,12)14(13)3(1,9)10. The van der Waals surface area contributed by atoms with Gasteiger partial charge in [-0.3, -0.25) is 0 Å². The van der Waals surface area contributed by atoms with Gasteiger partial charge in [0.2, 0.25) is 0 Å². The highest BCUT2D eigenvalue weighted by atomic mass is 19.4. The van der Waals surface area contributed by atoms with Crippen molar-refractivity contribution < 1.29 is 39.6 Å². The maximum absolute atomic E-state index is 12.0. The Balaban J connectivity index is 3.38. The predicted molar refractivity (Wildman–Crippen MR) is 22.7 cm³/mol. The van der Waals surface area contributed by atoms with Crippen LogP contribution < -0.4 is 0 Å². The van der Waals surface area contributed by atoms with Gasteiger partial charge in [0.1, 0.15) is 0 Å². The summed E-state index contributed by atoms with van der Waals surface area (Å²) in [5.74, 6) is -12.9. The zero-order valence-electron chi connectivity index (χ0n) is 5.85. The van der Waals surface area contributed by atoms with Crippen molar-refractivity contribution in [3.8, 4) is 0 Å². The molecule has 0 saturated carbocycles. The first kappa shape index (κ1) is 11.4. The highest BCUT2D eigenvalue weighted by Crippen LogP contribution is 2.62. The van der Waals surface area contributed by atoms with Gasteiger partial charge in [-0.25, -0.2) is 0 Å². The lowest BCUT2D eigenvalue weighted by Crippen LogP contribution is -2.51. The Labute approximate surface area is 70.0 Å². The van der Waals surface area contributed by atoms with Crippen LogP contribution in [0, 0.1) is 0 Å². The monoisotopic (exact) mass is 233 g/mol. The molecule has 1 rings (SSSR count). The largest absolute Gasteiger partial charge is 0.404 e. The molecular formula is C4F9N. The number of hydrogen-bond acceptors (Lipinski definition) is 1. The number of halogens is 9. The first-order chi connectivity index (χ1) is 5.90. The summed E-state index contributed by atoms with van der Waals surface area (Å²) in [4.78, 5) is 0. The van der Waals surface area contributed by atoms with Crippen molar-refractivity contribution >= 4 is 0 Å². The zero-order chi connectivity index (χ0) is 11.6. The van der Waals surface area contributed by atoms with Crippen molar-refractivity contribution in [2.75, 3.05) is 0 Å². The number of rotatable bonds is 0. The van der Waals surface area contributed by atoms with E-state index in [0.29, 0.717) is 0 Å². The molecule has 0 aromatic heterocycles. The van der Waals surface area contributed by atoms with Crippen LogP contribution in [-0.4, -0.2) is 29.1 Å². The molecule has 0 spiro atoms. The third-order valence-corrected chi connectivity index (χ3v) is 1.64. The van der Waals surface area contributed by atoms with Crippen molar-refractivity contribution in [2.45, 2.75) is 23.9 Å². The van der Waals surface area contributed by atoms with E-state index in [0.717, 1.165) is 0 Å². The molecule has 0 unspecified atom stereocenters. The molecule has 1 aliphatic rings. The molecule has 1 nitrogen and oxygen atoms in total. The Bertz CT molecular complexity index is 232. The first-order valence-corrected chi connectivity index (χ1v) is 2.88. The zero-order valence-corrected chi connectivity index (χ0v) is 5.85. The Morgan fingerprint density at radius 2 is 0.786 bits per heavy atom. The lowest BCUT2D eigenvalue weighted by Gasteiger charge is -2.21. The predicted octanol–water partition coefficient (Wildman–Crippen LogP) is 2.64. The number of alkyl halides is 8. The van der Waals surface area contributed by atoms with E-state index in [1.807, 2.05) is 0 Å². The molecule has 0 bridgehead atoms. The molecule has 1 saturated heterocycles. The smallest absolute Gasteiger partial charge is 0.191 e. The minimum atomic E-state index is -6.47. The molecule has 1 fully saturated rings. The van der Waals surface area contributed by atoms with Crippen LogP contribution in [0.5, 0.6) is 0 Å². The van der Waals surface area contributed by atoms with Gasteiger partial charge in [-0.1, -0.05) is 0 Å². The normalized spacial score (nSPS) is 33.2. The highest BCUT2D eigenvalue weighted by Gasteiger charge is 2.94. The summed E-state index contributed by atoms with van der Waals surface area (Å²) in [6.45, 7) is 0. The minimum Gasteiger partial charge on any atom is -0.191 e. The molecular weight excluding hydrogens is 233 g/mol. The molecule has 0 radical (unpaired) electrons. The van der Waals surface area contributed by atoms with Gasteiger partial charge >= 0.3 is 23.9 Å². The van der Waals surface area contributed by atoms with Gasteiger partial charge < -0.3 is 0 Å². The maximum atomic E-state index is 12.0. The van der Waals surface area contributed by atoms with Gasteiger partial charge in [0.15, 0.2) is 0 Å². The number of nitrogens with zero attached hydrogens (tertiary/aromatic N) is 1. The van der Waals surface area contributed by atoms with Crippen LogP contribution in [0.25, 0.3) is 0 Å². The third-order valence-electron chi connectivity index (χ3n) is 1.64. The van der Waals surface area contributed by atoms with Crippen LogP contribution >= 0.6 is 0 Å². The van der Waals surface area contributed by atoms with Crippen molar-refractivity contribution in [2.24, 2.45) is 0 Å². The Morgan fingerprint density at radius 3 is 0.857 bits per heavy atom. The van der Waals surface area contributed by atoms with E-state index in [1.54, 1.807) is 0 Å². The second kappa shape index (κ2) is 2.28. The van der Waals surface area contributed by atoms with Crippen LogP contribution in [0.15, 0.2) is 0 Å². The lowest BCUT2D eigenvalue weighted by atomic mass is 10.2. The van der Waals surface area contributed by atoms with E-state index in [1.165, 1.54) is 0 Å². The summed E-state index contributed by atoms with van der Waals surface area (Å²) >= 11 is 0. The average molecular weight is 233 g/mol. The molecule has 0 atom stereocenters. The Morgan fingerprint density at radius 1 is 0.571 bits per heavy atom. The number of hydrogen-bond donors (Lipinski definition) is 0. The molecule has 0 amide bonds. The van der Waals surface area contributed by atoms with Crippen molar-refractivity contribution in [3.63, 3.8) is 0 Å². The van der Waals surface area contributed by atoms with Gasteiger partial charge in [0.05, 0.1) is 0 Å². The molecule has 14 heavy (non-hydrogen) atoms. The third kappa shape index (κ3) is 0.823. The van der Waals surface area contributed by atoms with Crippen LogP contribution in [0.2, 0.25) is 0 Å². The van der Waals surface area contributed by atoms with Crippen LogP contribution in [0.3, 0.4) is 0 Å². The second-order valence-electron chi connectivity index (χ2n) is 2.51. The summed E-state index contributed by atoms with van der Waals surface area (Å²) < 4.78 is 108.